The van der Waals surface area contributed by atoms with Crippen molar-refractivity contribution in [2.24, 2.45) is 0 Å². The standard InChI is InChI=1S/C23H26N2O6/c1-5-30-22(26)20-17(13-31-16-9-6-14(2)7-10-16)24-23(27)25-21(20)15-8-11-18(28-3)19(12-15)29-4/h6-12,21H,5,13H2,1-4H3,(H2,24,25,27)/t21-/m0/s1. The van der Waals surface area contributed by atoms with Gasteiger partial charge in [0.15, 0.2) is 11.5 Å². The highest BCUT2D eigenvalue weighted by Gasteiger charge is 2.34. The Morgan fingerprint density at radius 2 is 1.74 bits per heavy atom. The molecule has 0 saturated carbocycles. The minimum atomic E-state index is -0.746. The number of rotatable bonds is 8. The summed E-state index contributed by atoms with van der Waals surface area (Å²) in [6.07, 6.45) is 0. The van der Waals surface area contributed by atoms with Gasteiger partial charge in [0.05, 0.1) is 38.1 Å². The lowest BCUT2D eigenvalue weighted by atomic mass is 9.95. The number of urea groups is 1. The van der Waals surface area contributed by atoms with Crippen molar-refractivity contribution >= 4 is 12.0 Å². The molecule has 0 aromatic heterocycles. The molecule has 0 fully saturated rings. The Labute approximate surface area is 181 Å². The third kappa shape index (κ3) is 5.09. The number of hydrogen-bond donors (Lipinski definition) is 2. The Morgan fingerprint density at radius 3 is 2.39 bits per heavy atom. The van der Waals surface area contributed by atoms with Crippen molar-refractivity contribution in [1.82, 2.24) is 10.6 Å². The minimum absolute atomic E-state index is 0.00554. The topological polar surface area (TPSA) is 95.1 Å². The fraction of sp³-hybridized carbons (Fsp3) is 0.304. The molecule has 8 heteroatoms. The van der Waals surface area contributed by atoms with E-state index in [4.69, 9.17) is 18.9 Å². The quantitative estimate of drug-likeness (QED) is 0.629. The molecular weight excluding hydrogens is 400 g/mol. The Bertz CT molecular complexity index is 984. The van der Waals surface area contributed by atoms with Crippen LogP contribution in [0, 0.1) is 6.92 Å². The molecule has 8 nitrogen and oxygen atoms in total. The summed E-state index contributed by atoms with van der Waals surface area (Å²) in [6.45, 7) is 3.89. The van der Waals surface area contributed by atoms with E-state index in [0.29, 0.717) is 28.5 Å². The predicted octanol–water partition coefficient (Wildman–Crippen LogP) is 3.26. The smallest absolute Gasteiger partial charge is 0.338 e. The molecule has 0 saturated heterocycles. The van der Waals surface area contributed by atoms with E-state index < -0.39 is 18.0 Å². The van der Waals surface area contributed by atoms with Crippen LogP contribution in [-0.2, 0) is 9.53 Å². The highest BCUT2D eigenvalue weighted by Crippen LogP contribution is 2.34. The maximum atomic E-state index is 12.8. The largest absolute Gasteiger partial charge is 0.493 e. The fourth-order valence-corrected chi connectivity index (χ4v) is 3.25. The first-order chi connectivity index (χ1) is 15.0. The summed E-state index contributed by atoms with van der Waals surface area (Å²) in [6, 6.07) is 11.5. The van der Waals surface area contributed by atoms with Gasteiger partial charge < -0.3 is 29.6 Å². The van der Waals surface area contributed by atoms with Crippen LogP contribution >= 0.6 is 0 Å². The first kappa shape index (κ1) is 22.0. The zero-order valence-electron chi connectivity index (χ0n) is 18.0. The summed E-state index contributed by atoms with van der Waals surface area (Å²) < 4.78 is 21.7. The Balaban J connectivity index is 1.99. The Morgan fingerprint density at radius 1 is 1.03 bits per heavy atom. The van der Waals surface area contributed by atoms with Crippen molar-refractivity contribution in [1.29, 1.82) is 0 Å². The molecule has 1 aliphatic heterocycles. The van der Waals surface area contributed by atoms with E-state index in [0.717, 1.165) is 5.56 Å². The second kappa shape index (κ2) is 9.88. The van der Waals surface area contributed by atoms with E-state index in [9.17, 15) is 9.59 Å². The number of ether oxygens (including phenoxy) is 4. The minimum Gasteiger partial charge on any atom is -0.493 e. The van der Waals surface area contributed by atoms with Crippen molar-refractivity contribution in [2.75, 3.05) is 27.4 Å². The maximum Gasteiger partial charge on any atom is 0.338 e. The van der Waals surface area contributed by atoms with Crippen molar-refractivity contribution in [3.05, 3.63) is 64.9 Å². The summed E-state index contributed by atoms with van der Waals surface area (Å²) in [7, 11) is 3.06. The molecule has 2 N–H and O–H groups in total. The molecule has 2 amide bonds. The van der Waals surface area contributed by atoms with E-state index in [1.165, 1.54) is 14.2 Å². The van der Waals surface area contributed by atoms with Crippen molar-refractivity contribution in [2.45, 2.75) is 19.9 Å². The highest BCUT2D eigenvalue weighted by atomic mass is 16.5. The lowest BCUT2D eigenvalue weighted by molar-refractivity contribution is -0.139. The van der Waals surface area contributed by atoms with E-state index in [2.05, 4.69) is 10.6 Å². The van der Waals surface area contributed by atoms with Crippen LogP contribution in [0.15, 0.2) is 53.7 Å². The van der Waals surface area contributed by atoms with Gasteiger partial charge in [-0.2, -0.15) is 0 Å². The Hall–Kier alpha value is -3.68. The van der Waals surface area contributed by atoms with Crippen LogP contribution in [0.1, 0.15) is 24.1 Å². The molecule has 2 aromatic rings. The SMILES string of the molecule is CCOC(=O)C1=C(COc2ccc(C)cc2)NC(=O)N[C@H]1c1ccc(OC)c(OC)c1. The molecule has 0 spiro atoms. The second-order valence-corrected chi connectivity index (χ2v) is 6.86. The van der Waals surface area contributed by atoms with Gasteiger partial charge in [-0.25, -0.2) is 9.59 Å². The summed E-state index contributed by atoms with van der Waals surface area (Å²) >= 11 is 0. The zero-order valence-corrected chi connectivity index (χ0v) is 18.0. The number of esters is 1. The van der Waals surface area contributed by atoms with E-state index in [-0.39, 0.29) is 18.8 Å². The van der Waals surface area contributed by atoms with Crippen LogP contribution < -0.4 is 24.8 Å². The number of nitrogens with one attached hydrogen (secondary N) is 2. The molecule has 164 valence electrons. The van der Waals surface area contributed by atoms with Gasteiger partial charge in [0, 0.05) is 0 Å². The first-order valence-electron chi connectivity index (χ1n) is 9.85. The Kier molecular flexibility index (Phi) is 7.02. The lowest BCUT2D eigenvalue weighted by Gasteiger charge is -2.29. The maximum absolute atomic E-state index is 12.8. The fourth-order valence-electron chi connectivity index (χ4n) is 3.25. The van der Waals surface area contributed by atoms with E-state index in [1.54, 1.807) is 25.1 Å². The number of aryl methyl sites for hydroxylation is 1. The van der Waals surface area contributed by atoms with Gasteiger partial charge in [-0.3, -0.25) is 0 Å². The molecule has 0 bridgehead atoms. The lowest BCUT2D eigenvalue weighted by Crippen LogP contribution is -2.47. The molecule has 1 heterocycles. The van der Waals surface area contributed by atoms with Gasteiger partial charge in [-0.15, -0.1) is 0 Å². The number of carbonyl (C=O) groups is 2. The third-order valence-corrected chi connectivity index (χ3v) is 4.79. The number of methoxy groups -OCH3 is 2. The third-order valence-electron chi connectivity index (χ3n) is 4.79. The van der Waals surface area contributed by atoms with Crippen LogP contribution in [0.25, 0.3) is 0 Å². The molecule has 1 aliphatic rings. The molecule has 0 radical (unpaired) electrons. The van der Waals surface area contributed by atoms with Crippen molar-refractivity contribution in [3.63, 3.8) is 0 Å². The van der Waals surface area contributed by atoms with Gasteiger partial charge in [-0.1, -0.05) is 23.8 Å². The molecule has 3 rings (SSSR count). The number of amides is 2. The van der Waals surface area contributed by atoms with E-state index in [1.807, 2.05) is 31.2 Å². The molecule has 0 unspecified atom stereocenters. The highest BCUT2D eigenvalue weighted by molar-refractivity contribution is 5.95. The molecule has 0 aliphatic carbocycles. The van der Waals surface area contributed by atoms with Gasteiger partial charge in [0.25, 0.3) is 0 Å². The van der Waals surface area contributed by atoms with Gasteiger partial charge in [-0.05, 0) is 43.7 Å². The van der Waals surface area contributed by atoms with Crippen molar-refractivity contribution < 1.29 is 28.5 Å². The summed E-state index contributed by atoms with van der Waals surface area (Å²) in [4.78, 5) is 25.2. The van der Waals surface area contributed by atoms with Crippen LogP contribution in [0.2, 0.25) is 0 Å². The van der Waals surface area contributed by atoms with Crippen LogP contribution in [-0.4, -0.2) is 39.4 Å². The number of carbonyl (C=O) groups excluding carboxylic acids is 2. The summed E-state index contributed by atoms with van der Waals surface area (Å²) in [5.41, 5.74) is 2.34. The average molecular weight is 426 g/mol. The predicted molar refractivity (Wildman–Crippen MR) is 114 cm³/mol. The van der Waals surface area contributed by atoms with Crippen LogP contribution in [0.5, 0.6) is 17.2 Å². The van der Waals surface area contributed by atoms with E-state index >= 15 is 0 Å². The molecule has 31 heavy (non-hydrogen) atoms. The van der Waals surface area contributed by atoms with Crippen molar-refractivity contribution in [3.8, 4) is 17.2 Å². The summed E-state index contributed by atoms with van der Waals surface area (Å²) in [5, 5.41) is 5.47. The van der Waals surface area contributed by atoms with Crippen LogP contribution in [0.3, 0.4) is 0 Å². The van der Waals surface area contributed by atoms with Gasteiger partial charge >= 0.3 is 12.0 Å². The normalized spacial score (nSPS) is 15.6. The number of benzene rings is 2. The summed E-state index contributed by atoms with van der Waals surface area (Å²) in [5.74, 6) is 1.10. The average Bonchev–Trinajstić information content (AvgIpc) is 2.77. The number of hydrogen-bond acceptors (Lipinski definition) is 6. The van der Waals surface area contributed by atoms with Crippen LogP contribution in [0.4, 0.5) is 4.79 Å². The second-order valence-electron chi connectivity index (χ2n) is 6.86. The van der Waals surface area contributed by atoms with Gasteiger partial charge in [0.2, 0.25) is 0 Å². The zero-order chi connectivity index (χ0) is 22.4. The molecule has 1 atom stereocenters. The molecular formula is C23H26N2O6. The monoisotopic (exact) mass is 426 g/mol. The first-order valence-corrected chi connectivity index (χ1v) is 9.85. The molecule has 2 aromatic carbocycles. The van der Waals surface area contributed by atoms with Gasteiger partial charge in [0.1, 0.15) is 12.4 Å².